The van der Waals surface area contributed by atoms with Gasteiger partial charge < -0.3 is 18.9 Å². The van der Waals surface area contributed by atoms with E-state index < -0.39 is 32.9 Å². The molecule has 2 aliphatic rings. The summed E-state index contributed by atoms with van der Waals surface area (Å²) in [4.78, 5) is 4.16. The number of benzene rings is 4. The van der Waals surface area contributed by atoms with Crippen molar-refractivity contribution in [3.8, 4) is 0 Å². The predicted octanol–water partition coefficient (Wildman–Crippen LogP) is 13.6. The molecule has 0 saturated carbocycles. The maximum Gasteiger partial charge on any atom is 2.00 e. The number of rotatable bonds is 30. The van der Waals surface area contributed by atoms with Crippen LogP contribution in [0.15, 0.2) is 109 Å². The number of fused-ring (bicyclic) bond motifs is 2. The van der Waals surface area contributed by atoms with Crippen LogP contribution >= 0.6 is 0 Å². The van der Waals surface area contributed by atoms with Gasteiger partial charge in [0, 0.05) is 13.1 Å². The summed E-state index contributed by atoms with van der Waals surface area (Å²) in [5.74, 6) is 0. The van der Waals surface area contributed by atoms with Gasteiger partial charge in [-0.15, -0.1) is 0 Å². The number of nitrogens with zero attached hydrogens (tertiary/aromatic N) is 4. The largest absolute Gasteiger partial charge is 2.00 e. The minimum absolute atomic E-state index is 0. The molecule has 4 aromatic carbocycles. The minimum atomic E-state index is -4.61. The maximum absolute atomic E-state index is 12.2. The van der Waals surface area contributed by atoms with E-state index in [9.17, 15) is 25.9 Å². The molecule has 0 radical (unpaired) electrons. The summed E-state index contributed by atoms with van der Waals surface area (Å²) in [7, 11) is -9.23. The van der Waals surface area contributed by atoms with Crippen LogP contribution in [0.5, 0.6) is 0 Å². The third kappa shape index (κ3) is 18.4. The zero-order chi connectivity index (χ0) is 47.0. The molecule has 6 rings (SSSR count). The van der Waals surface area contributed by atoms with Crippen molar-refractivity contribution in [1.29, 1.82) is 0 Å². The molecule has 10 nitrogen and oxygen atoms in total. The zero-order valence-electron chi connectivity index (χ0n) is 40.7. The number of para-hydroxylation sites is 4. The Morgan fingerprint density at radius 3 is 0.910 bits per heavy atom. The Hall–Kier alpha value is -2.84. The second-order valence-electron chi connectivity index (χ2n) is 18.3. The third-order valence-corrected chi connectivity index (χ3v) is 15.0. The number of unbranched alkanes of at least 4 members (excludes halogenated alkanes) is 20. The molecule has 0 spiro atoms. The summed E-state index contributed by atoms with van der Waals surface area (Å²) in [6, 6.07) is 34.7. The fourth-order valence-corrected chi connectivity index (χ4v) is 11.5. The SMILES string of the molecule is CCCCCCCCCCCCCC1N(Cc2ccccc2)c2ccccc2N1S(=O)(=O)[O-].CCCCCCCCCCCCCC1N(Cc2ccccc2)c2ccccc2N1S(=O)(=O)[O-].[Ca+2]. The smallest absolute Gasteiger partial charge is 0.731 e. The molecule has 2 atom stereocenters. The maximum atomic E-state index is 12.2. The Labute approximate surface area is 435 Å². The molecule has 2 heterocycles. The summed E-state index contributed by atoms with van der Waals surface area (Å²) < 4.78 is 75.7. The van der Waals surface area contributed by atoms with Gasteiger partial charge in [0.15, 0.2) is 20.6 Å². The number of hydrogen-bond donors (Lipinski definition) is 0. The van der Waals surface area contributed by atoms with E-state index in [1.807, 2.05) is 84.9 Å². The molecule has 364 valence electrons. The van der Waals surface area contributed by atoms with Crippen molar-refractivity contribution >= 4 is 81.1 Å². The predicted molar refractivity (Wildman–Crippen MR) is 278 cm³/mol. The quantitative estimate of drug-likeness (QED) is 0.0287. The fraction of sp³-hybridized carbons (Fsp3) is 0.556. The molecule has 2 unspecified atom stereocenters. The van der Waals surface area contributed by atoms with Crippen LogP contribution in [0, 0.1) is 0 Å². The first kappa shape index (κ1) is 56.7. The molecular weight excluding hydrogens is 905 g/mol. The van der Waals surface area contributed by atoms with E-state index >= 15 is 0 Å². The Bertz CT molecular complexity index is 2030. The molecule has 0 saturated heterocycles. The van der Waals surface area contributed by atoms with E-state index in [2.05, 4.69) is 23.6 Å². The van der Waals surface area contributed by atoms with Crippen molar-refractivity contribution in [1.82, 2.24) is 0 Å². The van der Waals surface area contributed by atoms with Gasteiger partial charge in [-0.3, -0.25) is 8.61 Å². The summed E-state index contributed by atoms with van der Waals surface area (Å²) in [6.45, 7) is 5.65. The van der Waals surface area contributed by atoms with Crippen molar-refractivity contribution in [2.24, 2.45) is 0 Å². The Balaban J connectivity index is 0.000000288. The van der Waals surface area contributed by atoms with Gasteiger partial charge in [0.1, 0.15) is 12.3 Å². The van der Waals surface area contributed by atoms with Gasteiger partial charge in [-0.2, -0.15) is 0 Å². The number of hydrogen-bond acceptors (Lipinski definition) is 8. The molecule has 4 aromatic rings. The first-order valence-corrected chi connectivity index (χ1v) is 28.1. The Kier molecular flexibility index (Phi) is 26.0. The van der Waals surface area contributed by atoms with E-state index in [1.54, 1.807) is 24.3 Å². The Morgan fingerprint density at radius 1 is 0.373 bits per heavy atom. The summed E-state index contributed by atoms with van der Waals surface area (Å²) >= 11 is 0. The van der Waals surface area contributed by atoms with Gasteiger partial charge in [-0.05, 0) is 61.1 Å². The second-order valence-corrected chi connectivity index (χ2v) is 20.8. The van der Waals surface area contributed by atoms with E-state index in [0.717, 1.165) is 69.6 Å². The molecule has 0 amide bonds. The third-order valence-electron chi connectivity index (χ3n) is 13.1. The zero-order valence-corrected chi connectivity index (χ0v) is 44.5. The molecule has 13 heteroatoms. The molecule has 67 heavy (non-hydrogen) atoms. The summed E-state index contributed by atoms with van der Waals surface area (Å²) in [5.41, 5.74) is 4.82. The van der Waals surface area contributed by atoms with Gasteiger partial charge in [0.05, 0.1) is 22.7 Å². The van der Waals surface area contributed by atoms with Gasteiger partial charge in [0.25, 0.3) is 0 Å². The fourth-order valence-electron chi connectivity index (χ4n) is 9.69. The van der Waals surface area contributed by atoms with Crippen LogP contribution in [0.4, 0.5) is 22.7 Å². The molecular formula is C54H78CaN4O6S2. The molecule has 2 aliphatic heterocycles. The average Bonchev–Trinajstić information content (AvgIpc) is 3.80. The van der Waals surface area contributed by atoms with Gasteiger partial charge in [-0.1, -0.05) is 227 Å². The van der Waals surface area contributed by atoms with Crippen LogP contribution in [0.25, 0.3) is 0 Å². The number of anilines is 4. The van der Waals surface area contributed by atoms with Gasteiger partial charge in [-0.25, -0.2) is 16.8 Å². The molecule has 0 fully saturated rings. The van der Waals surface area contributed by atoms with E-state index in [1.165, 1.54) is 103 Å². The van der Waals surface area contributed by atoms with Crippen LogP contribution in [0.3, 0.4) is 0 Å². The van der Waals surface area contributed by atoms with Crippen LogP contribution in [-0.4, -0.2) is 76.0 Å². The van der Waals surface area contributed by atoms with Crippen molar-refractivity contribution < 1.29 is 25.9 Å². The standard InChI is InChI=1S/2C27H40N2O3S.Ca/c2*1-2-3-4-5-6-7-8-9-10-11-15-22-27-28(23-24-18-13-12-14-19-24)25-20-16-17-21-26(25)29(27)33(30,31)32;/h2*12-14,16-21,27H,2-11,15,22-23H2,1H3,(H,30,31,32);/q;;+2/p-2. The van der Waals surface area contributed by atoms with E-state index in [0.29, 0.717) is 37.3 Å². The van der Waals surface area contributed by atoms with Crippen molar-refractivity contribution in [2.45, 2.75) is 193 Å². The van der Waals surface area contributed by atoms with E-state index in [-0.39, 0.29) is 37.7 Å². The normalized spacial score (nSPS) is 15.5. The van der Waals surface area contributed by atoms with Gasteiger partial charge in [0.2, 0.25) is 0 Å². The van der Waals surface area contributed by atoms with Crippen LogP contribution in [0.1, 0.15) is 179 Å². The molecule has 0 bridgehead atoms. The average molecular weight is 983 g/mol. The van der Waals surface area contributed by atoms with Gasteiger partial charge >= 0.3 is 37.7 Å². The Morgan fingerprint density at radius 2 is 0.627 bits per heavy atom. The molecule has 0 aliphatic carbocycles. The van der Waals surface area contributed by atoms with Crippen molar-refractivity contribution in [3.05, 3.63) is 120 Å². The topological polar surface area (TPSA) is 127 Å². The van der Waals surface area contributed by atoms with Crippen LogP contribution < -0.4 is 18.4 Å². The molecule has 0 aromatic heterocycles. The summed E-state index contributed by atoms with van der Waals surface area (Å²) in [6.07, 6.45) is 27.7. The summed E-state index contributed by atoms with van der Waals surface area (Å²) in [5, 5.41) is 0. The first-order valence-electron chi connectivity index (χ1n) is 25.3. The van der Waals surface area contributed by atoms with E-state index in [4.69, 9.17) is 0 Å². The first-order chi connectivity index (χ1) is 32.0. The van der Waals surface area contributed by atoms with Crippen molar-refractivity contribution in [3.63, 3.8) is 0 Å². The van der Waals surface area contributed by atoms with Crippen LogP contribution in [-0.2, 0) is 33.7 Å². The minimum Gasteiger partial charge on any atom is -0.731 e. The molecule has 0 N–H and O–H groups in total. The van der Waals surface area contributed by atoms with Crippen molar-refractivity contribution in [2.75, 3.05) is 18.4 Å². The monoisotopic (exact) mass is 982 g/mol. The second kappa shape index (κ2) is 30.7. The van der Waals surface area contributed by atoms with Crippen LogP contribution in [0.2, 0.25) is 0 Å².